The second kappa shape index (κ2) is 5.74. The van der Waals surface area contributed by atoms with Crippen molar-refractivity contribution in [3.63, 3.8) is 0 Å². The molecule has 106 valence electrons. The number of hydrogen-bond donors (Lipinski definition) is 1. The van der Waals surface area contributed by atoms with Crippen molar-refractivity contribution in [3.05, 3.63) is 0 Å². The topological polar surface area (TPSA) is 46.5 Å². The monoisotopic (exact) mass is 272 g/mol. The third kappa shape index (κ3) is 4.39. The smallest absolute Gasteiger partial charge is 0.303 e. The molecule has 4 heteroatoms. The highest BCUT2D eigenvalue weighted by Crippen LogP contribution is 2.40. The average Bonchev–Trinajstić information content (AvgIpc) is 2.14. The van der Waals surface area contributed by atoms with E-state index in [0.29, 0.717) is 12.3 Å². The standard InChI is InChI=1S/C14H28O3Si/c1-14(2,3)18(4,5)17-12-8-6-7-11(9-12)10-13(15)16/h11-12H,6-10H2,1-5H3,(H,15,16)/t11-,12+/m0/s1. The quantitative estimate of drug-likeness (QED) is 0.786. The summed E-state index contributed by atoms with van der Waals surface area (Å²) in [4.78, 5) is 10.8. The normalized spacial score (nSPS) is 26.1. The zero-order valence-electron chi connectivity index (χ0n) is 12.5. The molecule has 2 atom stereocenters. The van der Waals surface area contributed by atoms with Gasteiger partial charge in [0.1, 0.15) is 0 Å². The van der Waals surface area contributed by atoms with Crippen LogP contribution in [0.15, 0.2) is 0 Å². The van der Waals surface area contributed by atoms with Gasteiger partial charge >= 0.3 is 5.97 Å². The number of carboxylic acid groups (broad SMARTS) is 1. The molecule has 18 heavy (non-hydrogen) atoms. The second-order valence-electron chi connectivity index (χ2n) is 7.13. The molecule has 0 saturated heterocycles. The largest absolute Gasteiger partial charge is 0.481 e. The molecule has 1 fully saturated rings. The van der Waals surface area contributed by atoms with Gasteiger partial charge in [0.05, 0.1) is 0 Å². The molecular formula is C14H28O3Si. The molecule has 1 N–H and O–H groups in total. The van der Waals surface area contributed by atoms with Gasteiger partial charge in [-0.3, -0.25) is 4.79 Å². The van der Waals surface area contributed by atoms with E-state index in [9.17, 15) is 4.79 Å². The van der Waals surface area contributed by atoms with Gasteiger partial charge in [-0.1, -0.05) is 27.2 Å². The molecule has 0 radical (unpaired) electrons. The average molecular weight is 272 g/mol. The molecule has 1 saturated carbocycles. The summed E-state index contributed by atoms with van der Waals surface area (Å²) in [5.41, 5.74) is 0. The number of rotatable bonds is 4. The highest BCUT2D eigenvalue weighted by Gasteiger charge is 2.40. The lowest BCUT2D eigenvalue weighted by Crippen LogP contribution is -2.45. The Morgan fingerprint density at radius 3 is 2.44 bits per heavy atom. The van der Waals surface area contributed by atoms with Crippen LogP contribution in [0.4, 0.5) is 0 Å². The minimum Gasteiger partial charge on any atom is -0.481 e. The fraction of sp³-hybridized carbons (Fsp3) is 0.929. The molecule has 0 spiro atoms. The summed E-state index contributed by atoms with van der Waals surface area (Å²) >= 11 is 0. The Kier molecular flexibility index (Phi) is 5.01. The number of hydrogen-bond acceptors (Lipinski definition) is 2. The molecule has 0 amide bonds. The van der Waals surface area contributed by atoms with E-state index in [-0.39, 0.29) is 11.1 Å². The molecule has 0 bridgehead atoms. The second-order valence-corrected chi connectivity index (χ2v) is 11.9. The van der Waals surface area contributed by atoms with Gasteiger partial charge in [0.15, 0.2) is 8.32 Å². The van der Waals surface area contributed by atoms with Crippen molar-refractivity contribution in [1.82, 2.24) is 0 Å². The van der Waals surface area contributed by atoms with Crippen LogP contribution >= 0.6 is 0 Å². The van der Waals surface area contributed by atoms with Gasteiger partial charge in [-0.2, -0.15) is 0 Å². The van der Waals surface area contributed by atoms with Crippen molar-refractivity contribution in [2.24, 2.45) is 5.92 Å². The van der Waals surface area contributed by atoms with Crippen LogP contribution in [0.5, 0.6) is 0 Å². The number of carboxylic acids is 1. The van der Waals surface area contributed by atoms with Crippen LogP contribution in [-0.2, 0) is 9.22 Å². The lowest BCUT2D eigenvalue weighted by molar-refractivity contribution is -0.138. The Morgan fingerprint density at radius 2 is 1.94 bits per heavy atom. The maximum atomic E-state index is 10.8. The van der Waals surface area contributed by atoms with Crippen LogP contribution in [-0.4, -0.2) is 25.5 Å². The van der Waals surface area contributed by atoms with Crippen molar-refractivity contribution >= 4 is 14.3 Å². The van der Waals surface area contributed by atoms with Crippen LogP contribution in [0.3, 0.4) is 0 Å². The molecule has 3 nitrogen and oxygen atoms in total. The van der Waals surface area contributed by atoms with Gasteiger partial charge < -0.3 is 9.53 Å². The van der Waals surface area contributed by atoms with Gasteiger partial charge in [0, 0.05) is 12.5 Å². The molecule has 0 aromatic carbocycles. The summed E-state index contributed by atoms with van der Waals surface area (Å²) in [6.45, 7) is 11.3. The summed E-state index contributed by atoms with van der Waals surface area (Å²) < 4.78 is 6.40. The van der Waals surface area contributed by atoms with Crippen molar-refractivity contribution in [2.75, 3.05) is 0 Å². The van der Waals surface area contributed by atoms with Crippen LogP contribution in [0.2, 0.25) is 18.1 Å². The first-order valence-corrected chi connectivity index (χ1v) is 9.92. The highest BCUT2D eigenvalue weighted by molar-refractivity contribution is 6.74. The third-order valence-corrected chi connectivity index (χ3v) is 9.00. The fourth-order valence-electron chi connectivity index (χ4n) is 2.37. The summed E-state index contributed by atoms with van der Waals surface area (Å²) in [5.74, 6) is -0.362. The number of aliphatic carboxylic acids is 1. The molecular weight excluding hydrogens is 244 g/mol. The first kappa shape index (κ1) is 15.7. The molecule has 0 aliphatic heterocycles. The SMILES string of the molecule is CC(C)(C)[Si](C)(C)O[C@@H]1CCC[C@H](CC(=O)O)C1. The molecule has 0 heterocycles. The van der Waals surface area contributed by atoms with Crippen molar-refractivity contribution < 1.29 is 14.3 Å². The van der Waals surface area contributed by atoms with Crippen LogP contribution in [0.1, 0.15) is 52.9 Å². The molecule has 1 aliphatic rings. The maximum Gasteiger partial charge on any atom is 0.303 e. The number of carbonyl (C=O) groups is 1. The van der Waals surface area contributed by atoms with Crippen molar-refractivity contribution in [3.8, 4) is 0 Å². The summed E-state index contributed by atoms with van der Waals surface area (Å²) in [5, 5.41) is 9.11. The van der Waals surface area contributed by atoms with Crippen molar-refractivity contribution in [1.29, 1.82) is 0 Å². The lowest BCUT2D eigenvalue weighted by atomic mass is 9.85. The first-order chi connectivity index (χ1) is 8.12. The maximum absolute atomic E-state index is 10.8. The third-order valence-electron chi connectivity index (χ3n) is 4.47. The summed E-state index contributed by atoms with van der Waals surface area (Å²) in [6, 6.07) is 0. The van der Waals surface area contributed by atoms with E-state index < -0.39 is 14.3 Å². The van der Waals surface area contributed by atoms with E-state index in [1.807, 2.05) is 0 Å². The zero-order chi connectivity index (χ0) is 14.0. The van der Waals surface area contributed by atoms with Gasteiger partial charge in [0.2, 0.25) is 0 Å². The van der Waals surface area contributed by atoms with Crippen LogP contribution in [0.25, 0.3) is 0 Å². The predicted octanol–water partition coefficient (Wildman–Crippen LogP) is 4.04. The van der Waals surface area contributed by atoms with Crippen LogP contribution in [0, 0.1) is 5.92 Å². The minimum absolute atomic E-state index is 0.229. The fourth-order valence-corrected chi connectivity index (χ4v) is 3.78. The van der Waals surface area contributed by atoms with Gasteiger partial charge in [0.25, 0.3) is 0 Å². The van der Waals surface area contributed by atoms with E-state index in [0.717, 1.165) is 25.7 Å². The van der Waals surface area contributed by atoms with E-state index in [2.05, 4.69) is 33.9 Å². The van der Waals surface area contributed by atoms with E-state index in [1.165, 1.54) is 0 Å². The van der Waals surface area contributed by atoms with Gasteiger partial charge in [-0.25, -0.2) is 0 Å². The minimum atomic E-state index is -1.71. The van der Waals surface area contributed by atoms with E-state index >= 15 is 0 Å². The first-order valence-electron chi connectivity index (χ1n) is 7.01. The molecule has 1 aliphatic carbocycles. The van der Waals surface area contributed by atoms with Crippen LogP contribution < -0.4 is 0 Å². The highest BCUT2D eigenvalue weighted by atomic mass is 28.4. The summed E-state index contributed by atoms with van der Waals surface area (Å²) in [7, 11) is -1.71. The summed E-state index contributed by atoms with van der Waals surface area (Å²) in [6.07, 6.45) is 4.77. The zero-order valence-corrected chi connectivity index (χ0v) is 13.5. The molecule has 1 rings (SSSR count). The Balaban J connectivity index is 2.55. The molecule has 0 unspecified atom stereocenters. The lowest BCUT2D eigenvalue weighted by Gasteiger charge is -2.41. The Labute approximate surface area is 112 Å². The van der Waals surface area contributed by atoms with Gasteiger partial charge in [-0.05, 0) is 43.3 Å². The predicted molar refractivity (Wildman–Crippen MR) is 76.3 cm³/mol. The Hall–Kier alpha value is -0.353. The molecule has 0 aromatic heterocycles. The Bertz CT molecular complexity index is 294. The molecule has 0 aromatic rings. The van der Waals surface area contributed by atoms with Gasteiger partial charge in [-0.15, -0.1) is 0 Å². The van der Waals surface area contributed by atoms with E-state index in [4.69, 9.17) is 9.53 Å². The Morgan fingerprint density at radius 1 is 1.33 bits per heavy atom. The van der Waals surface area contributed by atoms with E-state index in [1.54, 1.807) is 0 Å². The van der Waals surface area contributed by atoms with Crippen molar-refractivity contribution in [2.45, 2.75) is 77.1 Å².